The highest BCUT2D eigenvalue weighted by atomic mass is 16.2. The standard InChI is InChI=1S/C9H17N3O2/c1-3-10-9(14)8-6-12(7(2)13)5-4-11-8/h8,11H,3-6H2,1-2H3,(H,10,14). The number of rotatable bonds is 2. The lowest BCUT2D eigenvalue weighted by molar-refractivity contribution is -0.132. The molecular weight excluding hydrogens is 182 g/mol. The zero-order valence-corrected chi connectivity index (χ0v) is 8.67. The highest BCUT2D eigenvalue weighted by Crippen LogP contribution is 1.99. The number of nitrogens with one attached hydrogen (secondary N) is 2. The molecule has 80 valence electrons. The van der Waals surface area contributed by atoms with Gasteiger partial charge in [-0.05, 0) is 6.92 Å². The molecule has 14 heavy (non-hydrogen) atoms. The molecule has 1 aliphatic heterocycles. The summed E-state index contributed by atoms with van der Waals surface area (Å²) in [6, 6.07) is -0.257. The van der Waals surface area contributed by atoms with Crippen LogP contribution in [0.3, 0.4) is 0 Å². The molecule has 0 aromatic carbocycles. The van der Waals surface area contributed by atoms with Crippen LogP contribution < -0.4 is 10.6 Å². The largest absolute Gasteiger partial charge is 0.355 e. The average molecular weight is 199 g/mol. The van der Waals surface area contributed by atoms with Gasteiger partial charge >= 0.3 is 0 Å². The Morgan fingerprint density at radius 3 is 2.86 bits per heavy atom. The van der Waals surface area contributed by atoms with Crippen molar-refractivity contribution in [3.8, 4) is 0 Å². The van der Waals surface area contributed by atoms with Crippen LogP contribution in [0.1, 0.15) is 13.8 Å². The van der Waals surface area contributed by atoms with Gasteiger partial charge in [-0.1, -0.05) is 0 Å². The normalized spacial score (nSPS) is 21.9. The van der Waals surface area contributed by atoms with Crippen LogP contribution in [0.2, 0.25) is 0 Å². The summed E-state index contributed by atoms with van der Waals surface area (Å²) in [6.07, 6.45) is 0. The molecule has 0 bridgehead atoms. The van der Waals surface area contributed by atoms with Crippen molar-refractivity contribution in [2.45, 2.75) is 19.9 Å². The topological polar surface area (TPSA) is 61.4 Å². The van der Waals surface area contributed by atoms with Gasteiger partial charge in [-0.15, -0.1) is 0 Å². The highest BCUT2D eigenvalue weighted by Gasteiger charge is 2.25. The van der Waals surface area contributed by atoms with E-state index in [1.54, 1.807) is 4.90 Å². The number of carbonyl (C=O) groups is 2. The maximum Gasteiger partial charge on any atom is 0.238 e. The van der Waals surface area contributed by atoms with Gasteiger partial charge in [0, 0.05) is 33.1 Å². The Hall–Kier alpha value is -1.10. The number of nitrogens with zero attached hydrogens (tertiary/aromatic N) is 1. The van der Waals surface area contributed by atoms with Crippen LogP contribution >= 0.6 is 0 Å². The minimum absolute atomic E-state index is 0.0285. The summed E-state index contributed by atoms with van der Waals surface area (Å²) in [7, 11) is 0. The third kappa shape index (κ3) is 2.70. The van der Waals surface area contributed by atoms with Crippen LogP contribution in [0.4, 0.5) is 0 Å². The summed E-state index contributed by atoms with van der Waals surface area (Å²) in [5.41, 5.74) is 0. The van der Waals surface area contributed by atoms with Crippen molar-refractivity contribution in [2.24, 2.45) is 0 Å². The summed E-state index contributed by atoms with van der Waals surface area (Å²) < 4.78 is 0. The third-order valence-electron chi connectivity index (χ3n) is 2.29. The number of piperazine rings is 1. The van der Waals surface area contributed by atoms with Gasteiger partial charge in [0.25, 0.3) is 0 Å². The summed E-state index contributed by atoms with van der Waals surface area (Å²) in [5, 5.41) is 5.82. The van der Waals surface area contributed by atoms with Crippen LogP contribution in [0.15, 0.2) is 0 Å². The van der Waals surface area contributed by atoms with E-state index in [-0.39, 0.29) is 17.9 Å². The van der Waals surface area contributed by atoms with Gasteiger partial charge in [0.05, 0.1) is 0 Å². The molecule has 0 saturated carbocycles. The van der Waals surface area contributed by atoms with E-state index in [0.717, 1.165) is 0 Å². The summed E-state index contributed by atoms with van der Waals surface area (Å²) in [4.78, 5) is 24.2. The Morgan fingerprint density at radius 2 is 2.29 bits per heavy atom. The first-order valence-electron chi connectivity index (χ1n) is 4.91. The predicted molar refractivity (Wildman–Crippen MR) is 52.7 cm³/mol. The van der Waals surface area contributed by atoms with E-state index < -0.39 is 0 Å². The molecule has 0 spiro atoms. The lowest BCUT2D eigenvalue weighted by atomic mass is 10.2. The number of likely N-dealkylation sites (N-methyl/N-ethyl adjacent to an activating group) is 1. The second-order valence-corrected chi connectivity index (χ2v) is 3.37. The quantitative estimate of drug-likeness (QED) is 0.596. The van der Waals surface area contributed by atoms with E-state index in [1.165, 1.54) is 6.92 Å². The molecule has 0 aliphatic carbocycles. The second-order valence-electron chi connectivity index (χ2n) is 3.37. The molecule has 2 N–H and O–H groups in total. The number of hydrogen-bond donors (Lipinski definition) is 2. The third-order valence-corrected chi connectivity index (χ3v) is 2.29. The fraction of sp³-hybridized carbons (Fsp3) is 0.778. The van der Waals surface area contributed by atoms with E-state index >= 15 is 0 Å². The second kappa shape index (κ2) is 4.95. The Kier molecular flexibility index (Phi) is 3.88. The van der Waals surface area contributed by atoms with Crippen molar-refractivity contribution in [1.29, 1.82) is 0 Å². The number of carbonyl (C=O) groups excluding carboxylic acids is 2. The number of hydrogen-bond acceptors (Lipinski definition) is 3. The van der Waals surface area contributed by atoms with Crippen molar-refractivity contribution < 1.29 is 9.59 Å². The van der Waals surface area contributed by atoms with E-state index in [2.05, 4.69) is 10.6 Å². The Bertz CT molecular complexity index is 230. The zero-order valence-electron chi connectivity index (χ0n) is 8.67. The minimum atomic E-state index is -0.257. The fourth-order valence-electron chi connectivity index (χ4n) is 1.51. The molecule has 1 unspecified atom stereocenters. The predicted octanol–water partition coefficient (Wildman–Crippen LogP) is -1.06. The summed E-state index contributed by atoms with van der Waals surface area (Å²) in [6.45, 7) is 5.87. The van der Waals surface area contributed by atoms with Gasteiger partial charge in [0.2, 0.25) is 11.8 Å². The Labute approximate surface area is 83.8 Å². The van der Waals surface area contributed by atoms with Gasteiger partial charge in [-0.2, -0.15) is 0 Å². The molecule has 2 amide bonds. The number of amides is 2. The molecule has 1 saturated heterocycles. The summed E-state index contributed by atoms with van der Waals surface area (Å²) in [5.74, 6) is -0.000696. The molecule has 0 aromatic heterocycles. The molecule has 1 rings (SSSR count). The fourth-order valence-corrected chi connectivity index (χ4v) is 1.51. The van der Waals surface area contributed by atoms with Gasteiger partial charge in [-0.25, -0.2) is 0 Å². The Balaban J connectivity index is 2.47. The maximum atomic E-state index is 11.5. The lowest BCUT2D eigenvalue weighted by Gasteiger charge is -2.32. The van der Waals surface area contributed by atoms with Crippen molar-refractivity contribution >= 4 is 11.8 Å². The zero-order chi connectivity index (χ0) is 10.6. The molecule has 1 fully saturated rings. The van der Waals surface area contributed by atoms with Gasteiger partial charge < -0.3 is 15.5 Å². The first kappa shape index (κ1) is 11.0. The monoisotopic (exact) mass is 199 g/mol. The Morgan fingerprint density at radius 1 is 1.57 bits per heavy atom. The maximum absolute atomic E-state index is 11.5. The van der Waals surface area contributed by atoms with Gasteiger partial charge in [-0.3, -0.25) is 9.59 Å². The average Bonchev–Trinajstić information content (AvgIpc) is 2.18. The first-order valence-corrected chi connectivity index (χ1v) is 4.91. The highest BCUT2D eigenvalue weighted by molar-refractivity contribution is 5.83. The van der Waals surface area contributed by atoms with Crippen molar-refractivity contribution in [1.82, 2.24) is 15.5 Å². The van der Waals surface area contributed by atoms with Crippen LogP contribution in [-0.4, -0.2) is 48.9 Å². The van der Waals surface area contributed by atoms with E-state index in [9.17, 15) is 9.59 Å². The lowest BCUT2D eigenvalue weighted by Crippen LogP contribution is -2.57. The molecule has 1 heterocycles. The molecule has 5 nitrogen and oxygen atoms in total. The first-order chi connectivity index (χ1) is 6.65. The molecule has 5 heteroatoms. The van der Waals surface area contributed by atoms with Crippen LogP contribution in [0.25, 0.3) is 0 Å². The smallest absolute Gasteiger partial charge is 0.238 e. The van der Waals surface area contributed by atoms with E-state index in [4.69, 9.17) is 0 Å². The minimum Gasteiger partial charge on any atom is -0.355 e. The van der Waals surface area contributed by atoms with E-state index in [0.29, 0.717) is 26.2 Å². The van der Waals surface area contributed by atoms with E-state index in [1.807, 2.05) is 6.92 Å². The molecular formula is C9H17N3O2. The van der Waals surface area contributed by atoms with Crippen LogP contribution in [-0.2, 0) is 9.59 Å². The van der Waals surface area contributed by atoms with Crippen LogP contribution in [0, 0.1) is 0 Å². The molecule has 0 aromatic rings. The van der Waals surface area contributed by atoms with Crippen LogP contribution in [0.5, 0.6) is 0 Å². The van der Waals surface area contributed by atoms with Gasteiger partial charge in [0.15, 0.2) is 0 Å². The van der Waals surface area contributed by atoms with Crippen molar-refractivity contribution in [2.75, 3.05) is 26.2 Å². The summed E-state index contributed by atoms with van der Waals surface area (Å²) >= 11 is 0. The molecule has 1 atom stereocenters. The molecule has 1 aliphatic rings. The SMILES string of the molecule is CCNC(=O)C1CN(C(C)=O)CCN1. The van der Waals surface area contributed by atoms with Crippen molar-refractivity contribution in [3.63, 3.8) is 0 Å². The molecule has 0 radical (unpaired) electrons. The van der Waals surface area contributed by atoms with Crippen molar-refractivity contribution in [3.05, 3.63) is 0 Å². The van der Waals surface area contributed by atoms with Gasteiger partial charge in [0.1, 0.15) is 6.04 Å².